The summed E-state index contributed by atoms with van der Waals surface area (Å²) >= 11 is 0. The van der Waals surface area contributed by atoms with Crippen LogP contribution in [0.25, 0.3) is 10.9 Å². The summed E-state index contributed by atoms with van der Waals surface area (Å²) < 4.78 is 35.9. The molecular weight excluding hydrogens is 463 g/mol. The van der Waals surface area contributed by atoms with Crippen molar-refractivity contribution in [3.05, 3.63) is 64.0 Å². The van der Waals surface area contributed by atoms with E-state index in [9.17, 15) is 18.8 Å². The highest BCUT2D eigenvalue weighted by Crippen LogP contribution is 2.26. The minimum atomic E-state index is -0.860. The number of nitrogens with zero attached hydrogens (tertiary/aromatic N) is 1. The van der Waals surface area contributed by atoms with Gasteiger partial charge in [-0.3, -0.25) is 14.4 Å². The van der Waals surface area contributed by atoms with Gasteiger partial charge in [-0.15, -0.1) is 0 Å². The standard InChI is InChI=1S/C23H23FN4O7/c1-32-13-4-2-3-12(7-13)8-26-23(31)21-27-16-6-5-15(24)19(18(16)22(30)28-21)35-10-14-9-34-17(11-33-14)20(25)29/h2-7,14,17H,8-11H2,1H3,(H2,25,29)(H,26,31)(H,27,28,30). The minimum Gasteiger partial charge on any atom is -0.497 e. The summed E-state index contributed by atoms with van der Waals surface area (Å²) in [6.45, 7) is -0.0245. The number of halogens is 1. The topological polar surface area (TPSA) is 155 Å². The van der Waals surface area contributed by atoms with Crippen LogP contribution < -0.4 is 26.1 Å². The highest BCUT2D eigenvalue weighted by molar-refractivity contribution is 5.93. The van der Waals surface area contributed by atoms with Crippen LogP contribution in [0.1, 0.15) is 16.2 Å². The molecule has 35 heavy (non-hydrogen) atoms. The van der Waals surface area contributed by atoms with E-state index in [0.29, 0.717) is 5.75 Å². The van der Waals surface area contributed by atoms with E-state index in [4.69, 9.17) is 24.7 Å². The van der Waals surface area contributed by atoms with Gasteiger partial charge in [0.05, 0.1) is 25.8 Å². The number of fused-ring (bicyclic) bond motifs is 1. The van der Waals surface area contributed by atoms with Crippen molar-refractivity contribution in [2.75, 3.05) is 26.9 Å². The first-order valence-electron chi connectivity index (χ1n) is 10.6. The zero-order valence-corrected chi connectivity index (χ0v) is 18.7. The first kappa shape index (κ1) is 24.1. The lowest BCUT2D eigenvalue weighted by Gasteiger charge is -2.27. The number of primary amides is 1. The van der Waals surface area contributed by atoms with E-state index in [1.807, 2.05) is 0 Å². The first-order valence-corrected chi connectivity index (χ1v) is 10.6. The van der Waals surface area contributed by atoms with Gasteiger partial charge in [0.1, 0.15) is 23.8 Å². The van der Waals surface area contributed by atoms with Gasteiger partial charge >= 0.3 is 0 Å². The molecule has 2 unspecified atom stereocenters. The molecule has 4 N–H and O–H groups in total. The SMILES string of the molecule is COc1cccc(CNC(=O)c2nc3ccc(F)c(OCC4COC(C(N)=O)CO4)c3c(=O)[nH]2)c1. The molecule has 1 aliphatic rings. The second-order valence-electron chi connectivity index (χ2n) is 7.71. The Kier molecular flexibility index (Phi) is 7.22. The van der Waals surface area contributed by atoms with Crippen LogP contribution in [-0.4, -0.2) is 60.9 Å². The molecule has 184 valence electrons. The van der Waals surface area contributed by atoms with Crippen molar-refractivity contribution in [1.82, 2.24) is 15.3 Å². The number of H-pyrrole nitrogens is 1. The fourth-order valence-corrected chi connectivity index (χ4v) is 3.45. The molecule has 11 nitrogen and oxygen atoms in total. The fourth-order valence-electron chi connectivity index (χ4n) is 3.45. The number of ether oxygens (including phenoxy) is 4. The molecule has 1 aromatic heterocycles. The number of methoxy groups -OCH3 is 1. The predicted molar refractivity (Wildman–Crippen MR) is 121 cm³/mol. The lowest BCUT2D eigenvalue weighted by molar-refractivity contribution is -0.161. The van der Waals surface area contributed by atoms with E-state index in [1.54, 1.807) is 24.3 Å². The maximum Gasteiger partial charge on any atom is 0.287 e. The number of rotatable bonds is 8. The number of carbonyl (C=O) groups is 2. The zero-order valence-electron chi connectivity index (χ0n) is 18.7. The van der Waals surface area contributed by atoms with Crippen molar-refractivity contribution in [3.8, 4) is 11.5 Å². The molecule has 0 radical (unpaired) electrons. The third kappa shape index (κ3) is 5.55. The Morgan fingerprint density at radius 3 is 2.80 bits per heavy atom. The smallest absolute Gasteiger partial charge is 0.287 e. The molecule has 1 aliphatic heterocycles. The van der Waals surface area contributed by atoms with Crippen LogP contribution in [0.5, 0.6) is 11.5 Å². The van der Waals surface area contributed by atoms with Crippen LogP contribution >= 0.6 is 0 Å². The molecule has 3 aromatic rings. The summed E-state index contributed by atoms with van der Waals surface area (Å²) in [6, 6.07) is 9.50. The molecule has 2 heterocycles. The number of nitrogens with one attached hydrogen (secondary N) is 2. The van der Waals surface area contributed by atoms with Crippen molar-refractivity contribution in [2.24, 2.45) is 5.73 Å². The fraction of sp³-hybridized carbons (Fsp3) is 0.304. The lowest BCUT2D eigenvalue weighted by Crippen LogP contribution is -2.45. The van der Waals surface area contributed by atoms with E-state index in [1.165, 1.54) is 13.2 Å². The summed E-state index contributed by atoms with van der Waals surface area (Å²) in [7, 11) is 1.54. The molecule has 1 saturated heterocycles. The van der Waals surface area contributed by atoms with Crippen LogP contribution in [0.15, 0.2) is 41.2 Å². The van der Waals surface area contributed by atoms with Crippen LogP contribution in [0.4, 0.5) is 4.39 Å². The molecule has 0 saturated carbocycles. The number of hydrogen-bond donors (Lipinski definition) is 3. The van der Waals surface area contributed by atoms with Crippen molar-refractivity contribution < 1.29 is 32.9 Å². The summed E-state index contributed by atoms with van der Waals surface area (Å²) in [4.78, 5) is 43.0. The van der Waals surface area contributed by atoms with E-state index in [2.05, 4.69) is 15.3 Å². The van der Waals surface area contributed by atoms with Crippen LogP contribution in [-0.2, 0) is 20.8 Å². The molecule has 4 rings (SSSR count). The Morgan fingerprint density at radius 2 is 2.09 bits per heavy atom. The van der Waals surface area contributed by atoms with Gasteiger partial charge in [-0.25, -0.2) is 9.37 Å². The summed E-state index contributed by atoms with van der Waals surface area (Å²) in [5, 5.41) is 2.52. The number of aromatic amines is 1. The number of nitrogens with two attached hydrogens (primary N) is 1. The molecule has 0 aliphatic carbocycles. The van der Waals surface area contributed by atoms with Crippen LogP contribution in [0, 0.1) is 5.82 Å². The lowest BCUT2D eigenvalue weighted by atomic mass is 10.2. The number of hydrogen-bond acceptors (Lipinski definition) is 8. The number of amides is 2. The molecule has 12 heteroatoms. The predicted octanol–water partition coefficient (Wildman–Crippen LogP) is 0.649. The van der Waals surface area contributed by atoms with Crippen molar-refractivity contribution in [2.45, 2.75) is 18.8 Å². The zero-order chi connectivity index (χ0) is 24.9. The Bertz CT molecular complexity index is 1300. The summed E-state index contributed by atoms with van der Waals surface area (Å²) in [5.41, 5.74) is 5.28. The van der Waals surface area contributed by atoms with Crippen molar-refractivity contribution in [3.63, 3.8) is 0 Å². The third-order valence-electron chi connectivity index (χ3n) is 5.28. The van der Waals surface area contributed by atoms with Crippen LogP contribution in [0.3, 0.4) is 0 Å². The summed E-state index contributed by atoms with van der Waals surface area (Å²) in [5.74, 6) is -1.97. The normalized spacial score (nSPS) is 17.7. The minimum absolute atomic E-state index is 0.00616. The Hall–Kier alpha value is -4.03. The molecule has 1 fully saturated rings. The number of benzene rings is 2. The maximum atomic E-state index is 14.5. The van der Waals surface area contributed by atoms with Gasteiger partial charge < -0.3 is 35.0 Å². The first-order chi connectivity index (χ1) is 16.9. The summed E-state index contributed by atoms with van der Waals surface area (Å²) in [6.07, 6.45) is -1.46. The van der Waals surface area contributed by atoms with Gasteiger partial charge in [-0.1, -0.05) is 12.1 Å². The molecule has 2 amide bonds. The van der Waals surface area contributed by atoms with Crippen LogP contribution in [0.2, 0.25) is 0 Å². The van der Waals surface area contributed by atoms with Gasteiger partial charge in [0.15, 0.2) is 23.5 Å². The largest absolute Gasteiger partial charge is 0.497 e. The maximum absolute atomic E-state index is 14.5. The number of carbonyl (C=O) groups excluding carboxylic acids is 2. The Morgan fingerprint density at radius 1 is 1.26 bits per heavy atom. The van der Waals surface area contributed by atoms with E-state index >= 15 is 0 Å². The van der Waals surface area contributed by atoms with Gasteiger partial charge in [-0.05, 0) is 29.8 Å². The quantitative estimate of drug-likeness (QED) is 0.419. The van der Waals surface area contributed by atoms with Gasteiger partial charge in [0.25, 0.3) is 11.5 Å². The van der Waals surface area contributed by atoms with Gasteiger partial charge in [-0.2, -0.15) is 0 Å². The molecule has 0 bridgehead atoms. The highest BCUT2D eigenvalue weighted by Gasteiger charge is 2.27. The van der Waals surface area contributed by atoms with Gasteiger partial charge in [0, 0.05) is 6.54 Å². The molecule has 2 atom stereocenters. The van der Waals surface area contributed by atoms with E-state index in [-0.39, 0.29) is 48.8 Å². The van der Waals surface area contributed by atoms with Crippen molar-refractivity contribution >= 4 is 22.7 Å². The second-order valence-corrected chi connectivity index (χ2v) is 7.71. The van der Waals surface area contributed by atoms with E-state index in [0.717, 1.165) is 11.6 Å². The highest BCUT2D eigenvalue weighted by atomic mass is 19.1. The second kappa shape index (κ2) is 10.5. The molecular formula is C23H23FN4O7. The Balaban J connectivity index is 1.48. The Labute approximate surface area is 198 Å². The van der Waals surface area contributed by atoms with Crippen molar-refractivity contribution in [1.29, 1.82) is 0 Å². The monoisotopic (exact) mass is 486 g/mol. The average molecular weight is 486 g/mol. The number of aromatic nitrogens is 2. The molecule has 2 aromatic carbocycles. The average Bonchev–Trinajstić information content (AvgIpc) is 2.87. The third-order valence-corrected chi connectivity index (χ3v) is 5.28. The van der Waals surface area contributed by atoms with Gasteiger partial charge in [0.2, 0.25) is 5.91 Å². The molecule has 0 spiro atoms. The van der Waals surface area contributed by atoms with E-state index < -0.39 is 35.4 Å².